The average molecular weight is 271 g/mol. The van der Waals surface area contributed by atoms with E-state index in [-0.39, 0.29) is 11.5 Å². The first kappa shape index (κ1) is 15.8. The fourth-order valence-electron chi connectivity index (χ4n) is 1.53. The maximum atomic E-state index is 11.8. The Morgan fingerprint density at radius 1 is 1.35 bits per heavy atom. The fraction of sp³-hybridized carbons (Fsp3) is 0.375. The van der Waals surface area contributed by atoms with Crippen LogP contribution in [0.25, 0.3) is 0 Å². The van der Waals surface area contributed by atoms with Crippen molar-refractivity contribution in [2.45, 2.75) is 27.2 Å². The molecule has 0 saturated carbocycles. The van der Waals surface area contributed by atoms with Gasteiger partial charge in [0, 0.05) is 18.4 Å². The van der Waals surface area contributed by atoms with E-state index in [9.17, 15) is 4.79 Å². The molecule has 4 nitrogen and oxygen atoms in total. The minimum absolute atomic E-state index is 0.0743. The second-order valence-corrected chi connectivity index (χ2v) is 4.97. The minimum Gasteiger partial charge on any atom is -0.360 e. The molecule has 0 saturated heterocycles. The molecule has 2 N–H and O–H groups in total. The molecule has 4 heteroatoms. The van der Waals surface area contributed by atoms with Crippen LogP contribution in [0.3, 0.4) is 0 Å². The summed E-state index contributed by atoms with van der Waals surface area (Å²) >= 11 is 0. The fourth-order valence-corrected chi connectivity index (χ4v) is 1.53. The third-order valence-corrected chi connectivity index (χ3v) is 2.78. The van der Waals surface area contributed by atoms with Gasteiger partial charge in [-0.1, -0.05) is 32.9 Å². The molecule has 0 aliphatic carbocycles. The molecule has 0 aromatic heterocycles. The average Bonchev–Trinajstić information content (AvgIpc) is 2.46. The van der Waals surface area contributed by atoms with E-state index in [1.165, 1.54) is 11.8 Å². The van der Waals surface area contributed by atoms with Crippen molar-refractivity contribution in [1.82, 2.24) is 5.32 Å². The van der Waals surface area contributed by atoms with E-state index in [0.29, 0.717) is 12.5 Å². The van der Waals surface area contributed by atoms with Crippen LogP contribution in [0.4, 0.5) is 5.69 Å². The van der Waals surface area contributed by atoms with E-state index in [2.05, 4.69) is 17.6 Å². The summed E-state index contributed by atoms with van der Waals surface area (Å²) in [7, 11) is 0. The zero-order valence-corrected chi connectivity index (χ0v) is 12.2. The lowest BCUT2D eigenvalue weighted by Gasteiger charge is -2.07. The van der Waals surface area contributed by atoms with Crippen LogP contribution in [0.2, 0.25) is 0 Å². The Morgan fingerprint density at radius 2 is 2.00 bits per heavy atom. The second-order valence-electron chi connectivity index (χ2n) is 4.97. The van der Waals surface area contributed by atoms with Crippen molar-refractivity contribution < 1.29 is 4.79 Å². The van der Waals surface area contributed by atoms with Gasteiger partial charge in [-0.05, 0) is 30.0 Å². The number of hydrogen-bond acceptors (Lipinski definition) is 3. The van der Waals surface area contributed by atoms with Gasteiger partial charge in [0.1, 0.15) is 11.6 Å². The van der Waals surface area contributed by atoms with Crippen LogP contribution in [-0.2, 0) is 11.2 Å². The van der Waals surface area contributed by atoms with E-state index in [1.54, 1.807) is 0 Å². The third kappa shape index (κ3) is 5.15. The van der Waals surface area contributed by atoms with Gasteiger partial charge in [0.25, 0.3) is 5.91 Å². The van der Waals surface area contributed by atoms with Crippen molar-refractivity contribution in [3.05, 3.63) is 41.6 Å². The first-order chi connectivity index (χ1) is 9.56. The summed E-state index contributed by atoms with van der Waals surface area (Å²) in [6.45, 7) is 6.66. The molecule has 0 bridgehead atoms. The van der Waals surface area contributed by atoms with Crippen molar-refractivity contribution in [1.29, 1.82) is 5.26 Å². The topological polar surface area (TPSA) is 64.9 Å². The first-order valence-corrected chi connectivity index (χ1v) is 6.80. The molecule has 0 heterocycles. The highest BCUT2D eigenvalue weighted by Crippen LogP contribution is 2.10. The molecular weight excluding hydrogens is 250 g/mol. The van der Waals surface area contributed by atoms with Crippen molar-refractivity contribution >= 4 is 11.6 Å². The number of carbonyl (C=O) groups is 1. The van der Waals surface area contributed by atoms with Crippen LogP contribution < -0.4 is 10.6 Å². The Kier molecular flexibility index (Phi) is 6.31. The first-order valence-electron chi connectivity index (χ1n) is 6.80. The van der Waals surface area contributed by atoms with E-state index >= 15 is 0 Å². The summed E-state index contributed by atoms with van der Waals surface area (Å²) < 4.78 is 0. The van der Waals surface area contributed by atoms with Crippen molar-refractivity contribution in [2.75, 3.05) is 11.9 Å². The Bertz CT molecular complexity index is 510. The number of nitrogens with zero attached hydrogens (tertiary/aromatic N) is 1. The molecule has 1 rings (SSSR count). The maximum absolute atomic E-state index is 11.8. The zero-order valence-electron chi connectivity index (χ0n) is 12.2. The zero-order chi connectivity index (χ0) is 15.0. The lowest BCUT2D eigenvalue weighted by molar-refractivity contribution is -0.117. The van der Waals surface area contributed by atoms with Gasteiger partial charge in [-0.15, -0.1) is 0 Å². The van der Waals surface area contributed by atoms with E-state index in [1.807, 2.05) is 44.2 Å². The number of nitrogens with one attached hydrogen (secondary N) is 2. The molecule has 0 atom stereocenters. The molecule has 0 radical (unpaired) electrons. The SMILES string of the molecule is CCc1ccc(N/C=C(/C#N)C(=O)NCC(C)C)cc1. The number of amides is 1. The Balaban J connectivity index is 2.65. The normalized spacial score (nSPS) is 11.1. The van der Waals surface area contributed by atoms with Crippen molar-refractivity contribution in [3.8, 4) is 6.07 Å². The quantitative estimate of drug-likeness (QED) is 0.617. The van der Waals surface area contributed by atoms with Gasteiger partial charge in [-0.3, -0.25) is 4.79 Å². The summed E-state index contributed by atoms with van der Waals surface area (Å²) in [5.41, 5.74) is 2.17. The summed E-state index contributed by atoms with van der Waals surface area (Å²) in [6.07, 6.45) is 2.42. The van der Waals surface area contributed by atoms with Crippen LogP contribution in [0, 0.1) is 17.2 Å². The number of carbonyl (C=O) groups excluding carboxylic acids is 1. The van der Waals surface area contributed by atoms with E-state index in [4.69, 9.17) is 5.26 Å². The lowest BCUT2D eigenvalue weighted by Crippen LogP contribution is -2.28. The van der Waals surface area contributed by atoms with Crippen LogP contribution >= 0.6 is 0 Å². The molecule has 1 aromatic rings. The van der Waals surface area contributed by atoms with Crippen molar-refractivity contribution in [3.63, 3.8) is 0 Å². The molecule has 20 heavy (non-hydrogen) atoms. The summed E-state index contributed by atoms with van der Waals surface area (Å²) in [6, 6.07) is 9.79. The van der Waals surface area contributed by atoms with Crippen LogP contribution in [0.5, 0.6) is 0 Å². The molecule has 1 amide bonds. The monoisotopic (exact) mass is 271 g/mol. The van der Waals surface area contributed by atoms with Crippen LogP contribution in [0.15, 0.2) is 36.0 Å². The van der Waals surface area contributed by atoms with Crippen molar-refractivity contribution in [2.24, 2.45) is 5.92 Å². The number of benzene rings is 1. The summed E-state index contributed by atoms with van der Waals surface area (Å²) in [5, 5.41) is 14.7. The van der Waals surface area contributed by atoms with Gasteiger partial charge in [-0.2, -0.15) is 5.26 Å². The summed E-state index contributed by atoms with van der Waals surface area (Å²) in [5.74, 6) is 0.00678. The number of aryl methyl sites for hydroxylation is 1. The number of anilines is 1. The highest BCUT2D eigenvalue weighted by Gasteiger charge is 2.08. The van der Waals surface area contributed by atoms with Gasteiger partial charge in [0.2, 0.25) is 0 Å². The summed E-state index contributed by atoms with van der Waals surface area (Å²) in [4.78, 5) is 11.8. The predicted octanol–water partition coefficient (Wildman–Crippen LogP) is 2.84. The predicted molar refractivity (Wildman–Crippen MR) is 81.0 cm³/mol. The number of hydrogen-bond donors (Lipinski definition) is 2. The van der Waals surface area contributed by atoms with E-state index in [0.717, 1.165) is 12.1 Å². The Hall–Kier alpha value is -2.28. The maximum Gasteiger partial charge on any atom is 0.263 e. The smallest absolute Gasteiger partial charge is 0.263 e. The van der Waals surface area contributed by atoms with Gasteiger partial charge < -0.3 is 10.6 Å². The molecule has 0 aliphatic heterocycles. The molecule has 0 spiro atoms. The largest absolute Gasteiger partial charge is 0.360 e. The van der Waals surface area contributed by atoms with Gasteiger partial charge >= 0.3 is 0 Å². The minimum atomic E-state index is -0.348. The highest BCUT2D eigenvalue weighted by atomic mass is 16.1. The van der Waals surface area contributed by atoms with Crippen LogP contribution in [0.1, 0.15) is 26.3 Å². The molecule has 1 aromatic carbocycles. The lowest BCUT2D eigenvalue weighted by atomic mass is 10.1. The molecule has 0 aliphatic rings. The van der Waals surface area contributed by atoms with Gasteiger partial charge in [-0.25, -0.2) is 0 Å². The number of rotatable bonds is 6. The van der Waals surface area contributed by atoms with E-state index < -0.39 is 0 Å². The number of nitriles is 1. The van der Waals surface area contributed by atoms with Gasteiger partial charge in [0.15, 0.2) is 0 Å². The second kappa shape index (κ2) is 8.00. The Labute approximate surface area is 120 Å². The molecule has 0 fully saturated rings. The highest BCUT2D eigenvalue weighted by molar-refractivity contribution is 5.97. The molecular formula is C16H21N3O. The molecule has 0 unspecified atom stereocenters. The van der Waals surface area contributed by atoms with Gasteiger partial charge in [0.05, 0.1) is 0 Å². The standard InChI is InChI=1S/C16H21N3O/c1-4-13-5-7-15(8-6-13)18-11-14(9-17)16(20)19-10-12(2)3/h5-8,11-12,18H,4,10H2,1-3H3,(H,19,20)/b14-11-. The third-order valence-electron chi connectivity index (χ3n) is 2.78. The Morgan fingerprint density at radius 3 is 2.50 bits per heavy atom. The van der Waals surface area contributed by atoms with Crippen LogP contribution in [-0.4, -0.2) is 12.5 Å². The molecule has 106 valence electrons.